The largest absolute Gasteiger partial charge is 0.316 e. The van der Waals surface area contributed by atoms with Crippen LogP contribution in [0.2, 0.25) is 0 Å². The third kappa shape index (κ3) is 3.85. The quantitative estimate of drug-likeness (QED) is 0.791. The van der Waals surface area contributed by atoms with Gasteiger partial charge in [0.1, 0.15) is 0 Å². The van der Waals surface area contributed by atoms with Crippen LogP contribution in [0.3, 0.4) is 0 Å². The zero-order chi connectivity index (χ0) is 10.0. The minimum Gasteiger partial charge on any atom is -0.316 e. The highest BCUT2D eigenvalue weighted by Crippen LogP contribution is 2.27. The lowest BCUT2D eigenvalue weighted by atomic mass is 9.99. The van der Waals surface area contributed by atoms with Crippen molar-refractivity contribution in [1.29, 1.82) is 0 Å². The van der Waals surface area contributed by atoms with E-state index >= 15 is 0 Å². The summed E-state index contributed by atoms with van der Waals surface area (Å²) in [6.45, 7) is 3.49. The third-order valence-corrected chi connectivity index (χ3v) is 3.16. The lowest BCUT2D eigenvalue weighted by molar-refractivity contribution is 0.0105. The second-order valence-corrected chi connectivity index (χ2v) is 4.55. The fourth-order valence-electron chi connectivity index (χ4n) is 2.41. The van der Waals surface area contributed by atoms with Gasteiger partial charge in [0.15, 0.2) is 0 Å². The number of alkyl halides is 2. The number of hydrogen-bond donors (Lipinski definition) is 1. The Hall–Kier alpha value is 0.0700. The summed E-state index contributed by atoms with van der Waals surface area (Å²) < 4.78 is 25.8. The van der Waals surface area contributed by atoms with Crippen LogP contribution in [0.5, 0.6) is 0 Å². The van der Waals surface area contributed by atoms with Crippen LogP contribution >= 0.6 is 12.4 Å². The van der Waals surface area contributed by atoms with Crippen molar-refractivity contribution in [2.45, 2.75) is 25.2 Å². The van der Waals surface area contributed by atoms with Gasteiger partial charge < -0.3 is 5.32 Å². The fourth-order valence-corrected chi connectivity index (χ4v) is 2.41. The topological polar surface area (TPSA) is 15.3 Å². The van der Waals surface area contributed by atoms with Crippen molar-refractivity contribution in [3.05, 3.63) is 0 Å². The molecule has 90 valence electrons. The molecule has 2 rings (SSSR count). The maximum absolute atomic E-state index is 12.9. The average Bonchev–Trinajstić information content (AvgIpc) is 2.47. The van der Waals surface area contributed by atoms with Crippen LogP contribution in [-0.4, -0.2) is 43.5 Å². The molecule has 0 spiro atoms. The zero-order valence-electron chi connectivity index (χ0n) is 8.85. The number of piperidine rings is 1. The average molecular weight is 241 g/mol. The zero-order valence-corrected chi connectivity index (χ0v) is 9.66. The molecule has 0 aliphatic carbocycles. The van der Waals surface area contributed by atoms with E-state index in [2.05, 4.69) is 5.32 Å². The number of hydrogen-bond acceptors (Lipinski definition) is 2. The first-order chi connectivity index (χ1) is 6.66. The fraction of sp³-hybridized carbons (Fsp3) is 1.00. The smallest absolute Gasteiger partial charge is 0.261 e. The van der Waals surface area contributed by atoms with E-state index in [-0.39, 0.29) is 25.4 Å². The number of likely N-dealkylation sites (tertiary alicyclic amines) is 1. The number of rotatable bonds is 2. The molecule has 15 heavy (non-hydrogen) atoms. The van der Waals surface area contributed by atoms with Gasteiger partial charge in [-0.2, -0.15) is 0 Å². The van der Waals surface area contributed by atoms with E-state index in [0.717, 1.165) is 19.6 Å². The maximum Gasteiger partial charge on any atom is 0.261 e. The Labute approximate surface area is 95.8 Å². The lowest BCUT2D eigenvalue weighted by Crippen LogP contribution is -2.38. The van der Waals surface area contributed by atoms with Crippen molar-refractivity contribution >= 4 is 12.4 Å². The monoisotopic (exact) mass is 240 g/mol. The molecular weight excluding hydrogens is 222 g/mol. The number of nitrogens with one attached hydrogen (secondary N) is 1. The van der Waals surface area contributed by atoms with Crippen molar-refractivity contribution in [3.8, 4) is 0 Å². The highest BCUT2D eigenvalue weighted by molar-refractivity contribution is 5.85. The predicted octanol–water partition coefficient (Wildman–Crippen LogP) is 1.75. The third-order valence-electron chi connectivity index (χ3n) is 3.16. The Morgan fingerprint density at radius 2 is 2.20 bits per heavy atom. The highest BCUT2D eigenvalue weighted by Gasteiger charge is 2.38. The van der Waals surface area contributed by atoms with Crippen LogP contribution in [0.4, 0.5) is 8.78 Å². The summed E-state index contributed by atoms with van der Waals surface area (Å²) in [6.07, 6.45) is 2.43. The van der Waals surface area contributed by atoms with E-state index in [1.165, 1.54) is 12.8 Å². The van der Waals surface area contributed by atoms with E-state index in [1.54, 1.807) is 0 Å². The van der Waals surface area contributed by atoms with Crippen molar-refractivity contribution in [2.75, 3.05) is 32.7 Å². The van der Waals surface area contributed by atoms with Gasteiger partial charge in [-0.15, -0.1) is 12.4 Å². The van der Waals surface area contributed by atoms with E-state index in [4.69, 9.17) is 0 Å². The van der Waals surface area contributed by atoms with Crippen molar-refractivity contribution < 1.29 is 8.78 Å². The van der Waals surface area contributed by atoms with E-state index in [1.807, 2.05) is 4.90 Å². The first-order valence-corrected chi connectivity index (χ1v) is 5.47. The molecule has 5 heteroatoms. The Balaban J connectivity index is 0.00000112. The summed E-state index contributed by atoms with van der Waals surface area (Å²) >= 11 is 0. The molecule has 0 aromatic carbocycles. The Kier molecular flexibility index (Phi) is 4.74. The van der Waals surface area contributed by atoms with Gasteiger partial charge >= 0.3 is 0 Å². The first kappa shape index (κ1) is 13.1. The number of nitrogens with zero attached hydrogens (tertiary/aromatic N) is 1. The van der Waals surface area contributed by atoms with Gasteiger partial charge in [-0.25, -0.2) is 8.78 Å². The van der Waals surface area contributed by atoms with Crippen LogP contribution < -0.4 is 5.32 Å². The van der Waals surface area contributed by atoms with Crippen molar-refractivity contribution in [1.82, 2.24) is 10.2 Å². The Bertz CT molecular complexity index is 196. The molecule has 2 saturated heterocycles. The molecule has 0 radical (unpaired) electrons. The van der Waals surface area contributed by atoms with Crippen LogP contribution in [0, 0.1) is 5.92 Å². The molecule has 1 atom stereocenters. The molecule has 2 aliphatic rings. The summed E-state index contributed by atoms with van der Waals surface area (Å²) in [5.74, 6) is -1.85. The summed E-state index contributed by atoms with van der Waals surface area (Å²) in [4.78, 5) is 1.91. The summed E-state index contributed by atoms with van der Waals surface area (Å²) in [5, 5.41) is 3.32. The normalized spacial score (nSPS) is 31.2. The van der Waals surface area contributed by atoms with Crippen molar-refractivity contribution in [2.24, 2.45) is 5.92 Å². The lowest BCUT2D eigenvalue weighted by Gasteiger charge is -2.27. The van der Waals surface area contributed by atoms with Crippen LogP contribution in [-0.2, 0) is 0 Å². The molecule has 2 heterocycles. The first-order valence-electron chi connectivity index (χ1n) is 5.47. The summed E-state index contributed by atoms with van der Waals surface area (Å²) in [5.41, 5.74) is 0. The Morgan fingerprint density at radius 1 is 1.40 bits per heavy atom. The molecule has 1 unspecified atom stereocenters. The molecular formula is C10H19ClF2N2. The molecule has 0 amide bonds. The van der Waals surface area contributed by atoms with Crippen LogP contribution in [0.15, 0.2) is 0 Å². The molecule has 0 bridgehead atoms. The van der Waals surface area contributed by atoms with Gasteiger partial charge in [0, 0.05) is 19.5 Å². The minimum absolute atomic E-state index is 0. The standard InChI is InChI=1S/C10H18F2N2.ClH/c11-10(12)3-5-14(8-10)7-9-2-1-4-13-6-9;/h9,13H,1-8H2;1H. The van der Waals surface area contributed by atoms with Gasteiger partial charge in [0.25, 0.3) is 5.92 Å². The second-order valence-electron chi connectivity index (χ2n) is 4.55. The second kappa shape index (κ2) is 5.41. The van der Waals surface area contributed by atoms with E-state index < -0.39 is 5.92 Å². The molecule has 2 aliphatic heterocycles. The van der Waals surface area contributed by atoms with E-state index in [0.29, 0.717) is 12.5 Å². The molecule has 2 nitrogen and oxygen atoms in total. The van der Waals surface area contributed by atoms with E-state index in [9.17, 15) is 8.78 Å². The summed E-state index contributed by atoms with van der Waals surface area (Å²) in [6, 6.07) is 0. The van der Waals surface area contributed by atoms with Gasteiger partial charge in [-0.05, 0) is 31.8 Å². The van der Waals surface area contributed by atoms with Crippen LogP contribution in [0.25, 0.3) is 0 Å². The van der Waals surface area contributed by atoms with Gasteiger partial charge in [0.2, 0.25) is 0 Å². The van der Waals surface area contributed by atoms with Crippen molar-refractivity contribution in [3.63, 3.8) is 0 Å². The summed E-state index contributed by atoms with van der Waals surface area (Å²) in [7, 11) is 0. The predicted molar refractivity (Wildman–Crippen MR) is 58.8 cm³/mol. The molecule has 0 aromatic rings. The minimum atomic E-state index is -2.43. The molecule has 0 saturated carbocycles. The van der Waals surface area contributed by atoms with Crippen LogP contribution in [0.1, 0.15) is 19.3 Å². The van der Waals surface area contributed by atoms with Gasteiger partial charge in [0.05, 0.1) is 6.54 Å². The molecule has 0 aromatic heterocycles. The number of halogens is 3. The highest BCUT2D eigenvalue weighted by atomic mass is 35.5. The van der Waals surface area contributed by atoms with Gasteiger partial charge in [-0.1, -0.05) is 0 Å². The van der Waals surface area contributed by atoms with Gasteiger partial charge in [-0.3, -0.25) is 4.90 Å². The SMILES string of the molecule is Cl.FC1(F)CCN(CC2CCCNC2)C1. The Morgan fingerprint density at radius 3 is 2.73 bits per heavy atom. The molecule has 1 N–H and O–H groups in total. The molecule has 2 fully saturated rings. The maximum atomic E-state index is 12.9.